The molecule has 0 bridgehead atoms. The van der Waals surface area contributed by atoms with E-state index < -0.39 is 0 Å². The van der Waals surface area contributed by atoms with Crippen LogP contribution >= 0.6 is 11.3 Å². The van der Waals surface area contributed by atoms with Crippen molar-refractivity contribution in [2.75, 3.05) is 5.32 Å². The first-order valence-corrected chi connectivity index (χ1v) is 9.26. The van der Waals surface area contributed by atoms with Gasteiger partial charge in [-0.15, -0.1) is 11.3 Å². The summed E-state index contributed by atoms with van der Waals surface area (Å²) in [6, 6.07) is 21.8. The molecule has 1 N–H and O–H groups in total. The smallest absolute Gasteiger partial charge is 0.255 e. The number of anilines is 1. The molecule has 4 heteroatoms. The number of nitrogens with one attached hydrogen (secondary N) is 1. The van der Waals surface area contributed by atoms with E-state index in [0.29, 0.717) is 5.56 Å². The monoisotopic (exact) mass is 358 g/mol. The van der Waals surface area contributed by atoms with Crippen LogP contribution in [0.15, 0.2) is 66.7 Å². The first-order chi connectivity index (χ1) is 12.6. The Balaban J connectivity index is 1.55. The van der Waals surface area contributed by atoms with Gasteiger partial charge in [0.05, 0.1) is 10.2 Å². The molecule has 26 heavy (non-hydrogen) atoms. The lowest BCUT2D eigenvalue weighted by molar-refractivity contribution is 0.102. The number of aryl methyl sites for hydroxylation is 2. The lowest BCUT2D eigenvalue weighted by Crippen LogP contribution is -2.13. The highest BCUT2D eigenvalue weighted by molar-refractivity contribution is 7.21. The Morgan fingerprint density at radius 2 is 1.73 bits per heavy atom. The van der Waals surface area contributed by atoms with Crippen LogP contribution in [0.4, 0.5) is 5.69 Å². The quantitative estimate of drug-likeness (QED) is 0.500. The summed E-state index contributed by atoms with van der Waals surface area (Å²) in [6.45, 7) is 3.98. The Kier molecular flexibility index (Phi) is 4.27. The molecule has 1 amide bonds. The van der Waals surface area contributed by atoms with E-state index in [-0.39, 0.29) is 5.91 Å². The molecule has 3 aromatic carbocycles. The average molecular weight is 358 g/mol. The van der Waals surface area contributed by atoms with E-state index in [9.17, 15) is 4.79 Å². The SMILES string of the molecule is Cc1ccc(C(=O)Nc2ccc(-c3nc4ccccc4s3)cc2)c(C)c1. The number of benzene rings is 3. The lowest BCUT2D eigenvalue weighted by atomic mass is 10.1. The molecule has 0 spiro atoms. The molecule has 128 valence electrons. The van der Waals surface area contributed by atoms with Crippen molar-refractivity contribution in [2.24, 2.45) is 0 Å². The number of nitrogens with zero attached hydrogens (tertiary/aromatic N) is 1. The number of carbonyl (C=O) groups is 1. The summed E-state index contributed by atoms with van der Waals surface area (Å²) in [6.07, 6.45) is 0. The van der Waals surface area contributed by atoms with Gasteiger partial charge in [-0.2, -0.15) is 0 Å². The molecular weight excluding hydrogens is 340 g/mol. The third-order valence-electron chi connectivity index (χ3n) is 4.31. The minimum atomic E-state index is -0.0877. The Labute approximate surface area is 156 Å². The van der Waals surface area contributed by atoms with E-state index in [4.69, 9.17) is 0 Å². The summed E-state index contributed by atoms with van der Waals surface area (Å²) >= 11 is 1.67. The van der Waals surface area contributed by atoms with Gasteiger partial charge in [-0.05, 0) is 61.9 Å². The predicted molar refractivity (Wildman–Crippen MR) is 109 cm³/mol. The third kappa shape index (κ3) is 3.24. The minimum Gasteiger partial charge on any atom is -0.322 e. The largest absolute Gasteiger partial charge is 0.322 e. The number of rotatable bonds is 3. The van der Waals surface area contributed by atoms with Crippen LogP contribution in [0.5, 0.6) is 0 Å². The van der Waals surface area contributed by atoms with Gasteiger partial charge in [0, 0.05) is 16.8 Å². The van der Waals surface area contributed by atoms with E-state index in [1.807, 2.05) is 74.5 Å². The van der Waals surface area contributed by atoms with Crippen molar-refractivity contribution in [3.63, 3.8) is 0 Å². The minimum absolute atomic E-state index is 0.0877. The number of thiazole rings is 1. The highest BCUT2D eigenvalue weighted by Crippen LogP contribution is 2.30. The number of amides is 1. The van der Waals surface area contributed by atoms with E-state index >= 15 is 0 Å². The van der Waals surface area contributed by atoms with Crippen LogP contribution in [-0.4, -0.2) is 10.9 Å². The molecule has 0 atom stereocenters. The van der Waals surface area contributed by atoms with Gasteiger partial charge in [0.1, 0.15) is 5.01 Å². The molecular formula is C22H18N2OS. The van der Waals surface area contributed by atoms with Crippen molar-refractivity contribution in [3.05, 3.63) is 83.4 Å². The van der Waals surface area contributed by atoms with Crippen molar-refractivity contribution < 1.29 is 4.79 Å². The zero-order valence-corrected chi connectivity index (χ0v) is 15.4. The first-order valence-electron chi connectivity index (χ1n) is 8.45. The molecule has 0 aliphatic carbocycles. The second-order valence-electron chi connectivity index (χ2n) is 6.34. The van der Waals surface area contributed by atoms with Gasteiger partial charge in [0.15, 0.2) is 0 Å². The molecule has 4 rings (SSSR count). The van der Waals surface area contributed by atoms with Crippen LogP contribution in [0.1, 0.15) is 21.5 Å². The predicted octanol–water partition coefficient (Wildman–Crippen LogP) is 5.83. The van der Waals surface area contributed by atoms with Gasteiger partial charge >= 0.3 is 0 Å². The maximum atomic E-state index is 12.5. The number of fused-ring (bicyclic) bond motifs is 1. The number of hydrogen-bond donors (Lipinski definition) is 1. The molecule has 1 aromatic heterocycles. The zero-order valence-electron chi connectivity index (χ0n) is 14.6. The van der Waals surface area contributed by atoms with Crippen molar-refractivity contribution in [3.8, 4) is 10.6 Å². The second kappa shape index (κ2) is 6.73. The third-order valence-corrected chi connectivity index (χ3v) is 5.40. The van der Waals surface area contributed by atoms with Crippen molar-refractivity contribution in [2.45, 2.75) is 13.8 Å². The van der Waals surface area contributed by atoms with Crippen LogP contribution in [-0.2, 0) is 0 Å². The molecule has 0 aliphatic rings. The maximum absolute atomic E-state index is 12.5. The zero-order chi connectivity index (χ0) is 18.1. The summed E-state index contributed by atoms with van der Waals surface area (Å²) in [7, 11) is 0. The van der Waals surface area contributed by atoms with Crippen molar-refractivity contribution >= 4 is 33.1 Å². The normalized spacial score (nSPS) is 10.8. The highest BCUT2D eigenvalue weighted by Gasteiger charge is 2.10. The summed E-state index contributed by atoms with van der Waals surface area (Å²) in [5.74, 6) is -0.0877. The average Bonchev–Trinajstić information content (AvgIpc) is 3.06. The van der Waals surface area contributed by atoms with E-state index in [1.165, 1.54) is 4.70 Å². The highest BCUT2D eigenvalue weighted by atomic mass is 32.1. The van der Waals surface area contributed by atoms with E-state index in [1.54, 1.807) is 11.3 Å². The molecule has 0 saturated heterocycles. The Hall–Kier alpha value is -2.98. The van der Waals surface area contributed by atoms with Gasteiger partial charge < -0.3 is 5.32 Å². The summed E-state index contributed by atoms with van der Waals surface area (Å²) in [4.78, 5) is 17.2. The van der Waals surface area contributed by atoms with E-state index in [0.717, 1.165) is 32.9 Å². The Bertz CT molecular complexity index is 1060. The fraction of sp³-hybridized carbons (Fsp3) is 0.0909. The number of para-hydroxylation sites is 1. The molecule has 0 radical (unpaired) electrons. The summed E-state index contributed by atoms with van der Waals surface area (Å²) in [5.41, 5.74) is 5.67. The lowest BCUT2D eigenvalue weighted by Gasteiger charge is -2.09. The topological polar surface area (TPSA) is 42.0 Å². The van der Waals surface area contributed by atoms with Crippen molar-refractivity contribution in [1.82, 2.24) is 4.98 Å². The number of hydrogen-bond acceptors (Lipinski definition) is 3. The van der Waals surface area contributed by atoms with Gasteiger partial charge in [0.2, 0.25) is 0 Å². The molecule has 3 nitrogen and oxygen atoms in total. The fourth-order valence-electron chi connectivity index (χ4n) is 2.96. The first kappa shape index (κ1) is 16.5. The molecule has 0 aliphatic heterocycles. The van der Waals surface area contributed by atoms with Gasteiger partial charge in [-0.25, -0.2) is 4.98 Å². The maximum Gasteiger partial charge on any atom is 0.255 e. The van der Waals surface area contributed by atoms with E-state index in [2.05, 4.69) is 16.4 Å². The molecule has 0 unspecified atom stereocenters. The Morgan fingerprint density at radius 3 is 2.46 bits per heavy atom. The van der Waals surface area contributed by atoms with Gasteiger partial charge in [0.25, 0.3) is 5.91 Å². The van der Waals surface area contributed by atoms with Crippen molar-refractivity contribution in [1.29, 1.82) is 0 Å². The second-order valence-corrected chi connectivity index (χ2v) is 7.37. The van der Waals surface area contributed by atoms with Crippen LogP contribution in [0, 0.1) is 13.8 Å². The van der Waals surface area contributed by atoms with Crippen LogP contribution in [0.2, 0.25) is 0 Å². The summed E-state index contributed by atoms with van der Waals surface area (Å²) in [5, 5.41) is 3.95. The Morgan fingerprint density at radius 1 is 0.962 bits per heavy atom. The van der Waals surface area contributed by atoms with Crippen LogP contribution < -0.4 is 5.32 Å². The van der Waals surface area contributed by atoms with Gasteiger partial charge in [-0.1, -0.05) is 29.8 Å². The number of aromatic nitrogens is 1. The molecule has 0 fully saturated rings. The fourth-order valence-corrected chi connectivity index (χ4v) is 3.93. The van der Waals surface area contributed by atoms with Crippen LogP contribution in [0.3, 0.4) is 0 Å². The summed E-state index contributed by atoms with van der Waals surface area (Å²) < 4.78 is 1.18. The molecule has 0 saturated carbocycles. The number of carbonyl (C=O) groups excluding carboxylic acids is 1. The molecule has 1 heterocycles. The molecule has 4 aromatic rings. The van der Waals surface area contributed by atoms with Gasteiger partial charge in [-0.3, -0.25) is 4.79 Å². The van der Waals surface area contributed by atoms with Crippen LogP contribution in [0.25, 0.3) is 20.8 Å². The standard InChI is InChI=1S/C22H18N2OS/c1-14-7-12-18(15(2)13-14)21(25)23-17-10-8-16(9-11-17)22-24-19-5-3-4-6-20(19)26-22/h3-13H,1-2H3,(H,23,25).